The maximum atomic E-state index is 12.7. The highest BCUT2D eigenvalue weighted by Gasteiger charge is 2.27. The molecule has 2 heterocycles. The van der Waals surface area contributed by atoms with Crippen LogP contribution in [-0.4, -0.2) is 28.0 Å². The van der Waals surface area contributed by atoms with Crippen LogP contribution in [0.1, 0.15) is 17.7 Å². The van der Waals surface area contributed by atoms with Crippen molar-refractivity contribution >= 4 is 15.8 Å². The Balaban J connectivity index is 1.80. The number of para-hydroxylation sites is 1. The van der Waals surface area contributed by atoms with Gasteiger partial charge >= 0.3 is 0 Å². The zero-order valence-electron chi connectivity index (χ0n) is 13.2. The Kier molecular flexibility index (Phi) is 3.42. The molecule has 0 spiro atoms. The summed E-state index contributed by atoms with van der Waals surface area (Å²) in [5.41, 5.74) is 2.77. The molecule has 0 aliphatic heterocycles. The minimum Gasteiger partial charge on any atom is -0.274 e. The van der Waals surface area contributed by atoms with Gasteiger partial charge in [0.25, 0.3) is 10.0 Å². The lowest BCUT2D eigenvalue weighted by molar-refractivity contribution is 0.600. The molecule has 1 N–H and O–H groups in total. The fourth-order valence-electron chi connectivity index (χ4n) is 2.98. The fourth-order valence-corrected chi connectivity index (χ4v) is 4.04. The average molecular weight is 343 g/mol. The Labute approximate surface area is 140 Å². The summed E-state index contributed by atoms with van der Waals surface area (Å²) in [6.07, 6.45) is 5.51. The van der Waals surface area contributed by atoms with Gasteiger partial charge in [0.15, 0.2) is 0 Å². The van der Waals surface area contributed by atoms with Crippen LogP contribution in [0.25, 0.3) is 5.69 Å². The largest absolute Gasteiger partial charge is 0.274 e. The van der Waals surface area contributed by atoms with Crippen LogP contribution in [0.3, 0.4) is 0 Å². The SMILES string of the molecule is Cn1cc(S(=O)(=O)Nc2c3c(nn2-c2ccccc2)CCC3)cn1. The van der Waals surface area contributed by atoms with Gasteiger partial charge in [-0.05, 0) is 31.4 Å². The molecule has 0 radical (unpaired) electrons. The Hall–Kier alpha value is -2.61. The first kappa shape index (κ1) is 14.9. The molecule has 0 bridgehead atoms. The molecular weight excluding hydrogens is 326 g/mol. The lowest BCUT2D eigenvalue weighted by atomic mass is 10.2. The summed E-state index contributed by atoms with van der Waals surface area (Å²) in [4.78, 5) is 0.137. The number of aryl methyl sites for hydroxylation is 2. The first-order valence-electron chi connectivity index (χ1n) is 7.72. The van der Waals surface area contributed by atoms with Crippen molar-refractivity contribution in [3.63, 3.8) is 0 Å². The topological polar surface area (TPSA) is 81.8 Å². The molecule has 4 rings (SSSR count). The van der Waals surface area contributed by atoms with Crippen LogP contribution in [0, 0.1) is 0 Å². The number of hydrogen-bond donors (Lipinski definition) is 1. The smallest absolute Gasteiger partial charge is 0.266 e. The van der Waals surface area contributed by atoms with Gasteiger partial charge in [-0.1, -0.05) is 18.2 Å². The molecular formula is C16H17N5O2S. The Morgan fingerprint density at radius 1 is 1.17 bits per heavy atom. The van der Waals surface area contributed by atoms with Gasteiger partial charge in [0.05, 0.1) is 17.6 Å². The molecule has 3 aromatic rings. The number of nitrogens with one attached hydrogen (secondary N) is 1. The van der Waals surface area contributed by atoms with Crippen LogP contribution in [0.15, 0.2) is 47.6 Å². The van der Waals surface area contributed by atoms with Crippen molar-refractivity contribution in [2.45, 2.75) is 24.2 Å². The lowest BCUT2D eigenvalue weighted by Crippen LogP contribution is -2.16. The number of hydrogen-bond acceptors (Lipinski definition) is 4. The van der Waals surface area contributed by atoms with Gasteiger partial charge in [-0.2, -0.15) is 10.2 Å². The van der Waals surface area contributed by atoms with Crippen LogP contribution in [0.4, 0.5) is 5.82 Å². The molecule has 2 aromatic heterocycles. The molecule has 8 heteroatoms. The normalized spacial score (nSPS) is 13.9. The number of aromatic nitrogens is 4. The highest BCUT2D eigenvalue weighted by Crippen LogP contribution is 2.32. The molecule has 1 aromatic carbocycles. The van der Waals surface area contributed by atoms with E-state index >= 15 is 0 Å². The van der Waals surface area contributed by atoms with Gasteiger partial charge < -0.3 is 0 Å². The van der Waals surface area contributed by atoms with Crippen molar-refractivity contribution in [3.8, 4) is 5.69 Å². The summed E-state index contributed by atoms with van der Waals surface area (Å²) >= 11 is 0. The maximum absolute atomic E-state index is 12.7. The van der Waals surface area contributed by atoms with E-state index in [1.807, 2.05) is 30.3 Å². The van der Waals surface area contributed by atoms with Gasteiger partial charge in [0, 0.05) is 18.8 Å². The van der Waals surface area contributed by atoms with Crippen LogP contribution < -0.4 is 4.72 Å². The molecule has 0 saturated heterocycles. The minimum atomic E-state index is -3.71. The molecule has 1 aliphatic carbocycles. The molecule has 0 fully saturated rings. The van der Waals surface area contributed by atoms with Crippen molar-refractivity contribution in [1.29, 1.82) is 0 Å². The fraction of sp³-hybridized carbons (Fsp3) is 0.250. The van der Waals surface area contributed by atoms with Crippen LogP contribution in [-0.2, 0) is 29.9 Å². The van der Waals surface area contributed by atoms with E-state index < -0.39 is 10.0 Å². The molecule has 0 saturated carbocycles. The standard InChI is InChI=1S/C16H17N5O2S/c1-20-11-13(10-17-20)24(22,23)19-16-14-8-5-9-15(14)18-21(16)12-6-3-2-4-7-12/h2-4,6-7,10-11,19H,5,8-9H2,1H3. The number of fused-ring (bicyclic) bond motifs is 1. The summed E-state index contributed by atoms with van der Waals surface area (Å²) in [6.45, 7) is 0. The highest BCUT2D eigenvalue weighted by atomic mass is 32.2. The van der Waals surface area contributed by atoms with Gasteiger partial charge in [-0.3, -0.25) is 9.40 Å². The lowest BCUT2D eigenvalue weighted by Gasteiger charge is -2.11. The summed E-state index contributed by atoms with van der Waals surface area (Å²) in [6, 6.07) is 9.54. The van der Waals surface area contributed by atoms with Crippen molar-refractivity contribution < 1.29 is 8.42 Å². The zero-order chi connectivity index (χ0) is 16.7. The Morgan fingerprint density at radius 2 is 1.96 bits per heavy atom. The average Bonchev–Trinajstić information content (AvgIpc) is 3.26. The molecule has 124 valence electrons. The number of benzene rings is 1. The summed E-state index contributed by atoms with van der Waals surface area (Å²) in [5.74, 6) is 0.526. The van der Waals surface area contributed by atoms with Crippen molar-refractivity contribution in [3.05, 3.63) is 54.0 Å². The van der Waals surface area contributed by atoms with E-state index in [9.17, 15) is 8.42 Å². The van der Waals surface area contributed by atoms with Crippen molar-refractivity contribution in [2.75, 3.05) is 4.72 Å². The molecule has 7 nitrogen and oxygen atoms in total. The molecule has 0 atom stereocenters. The summed E-state index contributed by atoms with van der Waals surface area (Å²) < 4.78 is 31.2. The maximum Gasteiger partial charge on any atom is 0.266 e. The van der Waals surface area contributed by atoms with E-state index in [-0.39, 0.29) is 4.90 Å². The number of sulfonamides is 1. The number of rotatable bonds is 4. The molecule has 0 amide bonds. The van der Waals surface area contributed by atoms with Crippen LogP contribution in [0.5, 0.6) is 0 Å². The van der Waals surface area contributed by atoms with Gasteiger partial charge in [0.1, 0.15) is 10.7 Å². The van der Waals surface area contributed by atoms with E-state index in [4.69, 9.17) is 0 Å². The predicted octanol–water partition coefficient (Wildman–Crippen LogP) is 1.90. The third kappa shape index (κ3) is 2.48. The van der Waals surface area contributed by atoms with Gasteiger partial charge in [-0.25, -0.2) is 13.1 Å². The van der Waals surface area contributed by atoms with Crippen molar-refractivity contribution in [2.24, 2.45) is 7.05 Å². The second kappa shape index (κ2) is 5.48. The monoisotopic (exact) mass is 343 g/mol. The van der Waals surface area contributed by atoms with E-state index in [2.05, 4.69) is 14.9 Å². The minimum absolute atomic E-state index is 0.137. The number of anilines is 1. The zero-order valence-corrected chi connectivity index (χ0v) is 14.0. The third-order valence-electron chi connectivity index (χ3n) is 4.13. The first-order valence-corrected chi connectivity index (χ1v) is 9.20. The van der Waals surface area contributed by atoms with E-state index in [0.29, 0.717) is 5.82 Å². The van der Waals surface area contributed by atoms with E-state index in [1.54, 1.807) is 11.7 Å². The number of nitrogens with zero attached hydrogens (tertiary/aromatic N) is 4. The van der Waals surface area contributed by atoms with Crippen molar-refractivity contribution in [1.82, 2.24) is 19.6 Å². The molecule has 0 unspecified atom stereocenters. The quantitative estimate of drug-likeness (QED) is 0.784. The van der Waals surface area contributed by atoms with Gasteiger partial charge in [-0.15, -0.1) is 0 Å². The second-order valence-electron chi connectivity index (χ2n) is 5.83. The summed E-state index contributed by atoms with van der Waals surface area (Å²) in [5, 5.41) is 8.55. The Morgan fingerprint density at radius 3 is 2.67 bits per heavy atom. The van der Waals surface area contributed by atoms with E-state index in [0.717, 1.165) is 36.2 Å². The van der Waals surface area contributed by atoms with E-state index in [1.165, 1.54) is 17.1 Å². The Bertz CT molecular complexity index is 989. The van der Waals surface area contributed by atoms with Gasteiger partial charge in [0.2, 0.25) is 0 Å². The first-order chi connectivity index (χ1) is 11.5. The third-order valence-corrected chi connectivity index (χ3v) is 5.42. The second-order valence-corrected chi connectivity index (χ2v) is 7.51. The molecule has 1 aliphatic rings. The predicted molar refractivity (Wildman–Crippen MR) is 89.6 cm³/mol. The highest BCUT2D eigenvalue weighted by molar-refractivity contribution is 7.92. The summed E-state index contributed by atoms with van der Waals surface area (Å²) in [7, 11) is -2.02. The van der Waals surface area contributed by atoms with Crippen LogP contribution >= 0.6 is 0 Å². The van der Waals surface area contributed by atoms with Crippen LogP contribution in [0.2, 0.25) is 0 Å². The molecule has 24 heavy (non-hydrogen) atoms.